The summed E-state index contributed by atoms with van der Waals surface area (Å²) in [6.45, 7) is 3.05. The number of hydrogen-bond donors (Lipinski definition) is 1. The lowest BCUT2D eigenvalue weighted by atomic mass is 10.3. The van der Waals surface area contributed by atoms with E-state index in [1.54, 1.807) is 0 Å². The average molecular weight is 329 g/mol. The third kappa shape index (κ3) is 3.21. The summed E-state index contributed by atoms with van der Waals surface area (Å²) in [6.07, 6.45) is 0. The van der Waals surface area contributed by atoms with E-state index in [0.717, 1.165) is 6.54 Å². The van der Waals surface area contributed by atoms with Crippen LogP contribution >= 0.6 is 33.9 Å². The van der Waals surface area contributed by atoms with E-state index < -0.39 is 0 Å². The van der Waals surface area contributed by atoms with Crippen LogP contribution in [0, 0.1) is 10.5 Å². The number of nitrogens with one attached hydrogen (secondary N) is 1. The molecule has 0 aliphatic carbocycles. The lowest BCUT2D eigenvalue weighted by Crippen LogP contribution is -1.96. The minimum absolute atomic E-state index is 0.915. The van der Waals surface area contributed by atoms with Crippen molar-refractivity contribution in [2.75, 3.05) is 5.32 Å². The summed E-state index contributed by atoms with van der Waals surface area (Å²) < 4.78 is 1.26. The van der Waals surface area contributed by atoms with Crippen LogP contribution < -0.4 is 5.32 Å². The molecule has 2 aromatic rings. The second kappa shape index (κ2) is 4.99. The lowest BCUT2D eigenvalue weighted by Gasteiger charge is -2.04. The molecule has 0 spiro atoms. The van der Waals surface area contributed by atoms with Crippen molar-refractivity contribution in [2.24, 2.45) is 0 Å². The molecule has 0 radical (unpaired) electrons. The Morgan fingerprint density at radius 2 is 2.13 bits per heavy atom. The molecule has 0 unspecified atom stereocenters. The topological polar surface area (TPSA) is 12.0 Å². The van der Waals surface area contributed by atoms with Crippen molar-refractivity contribution in [2.45, 2.75) is 13.5 Å². The Morgan fingerprint density at radius 1 is 1.27 bits per heavy atom. The molecule has 1 N–H and O–H groups in total. The van der Waals surface area contributed by atoms with Crippen LogP contribution in [0.4, 0.5) is 5.69 Å². The van der Waals surface area contributed by atoms with E-state index in [4.69, 9.17) is 0 Å². The highest BCUT2D eigenvalue weighted by atomic mass is 127. The highest BCUT2D eigenvalue weighted by Gasteiger charge is 1.97. The van der Waals surface area contributed by atoms with Crippen molar-refractivity contribution in [3.8, 4) is 0 Å². The fraction of sp³-hybridized carbons (Fsp3) is 0.167. The largest absolute Gasteiger partial charge is 0.380 e. The Morgan fingerprint density at radius 3 is 2.80 bits per heavy atom. The van der Waals surface area contributed by atoms with E-state index in [2.05, 4.69) is 71.2 Å². The molecule has 0 amide bonds. The summed E-state index contributed by atoms with van der Waals surface area (Å²) in [6, 6.07) is 12.8. The number of thiophene rings is 1. The second-order valence-electron chi connectivity index (χ2n) is 3.38. The van der Waals surface area contributed by atoms with Crippen molar-refractivity contribution in [1.82, 2.24) is 0 Å². The number of rotatable bonds is 3. The minimum atomic E-state index is 0.915. The molecule has 0 saturated heterocycles. The van der Waals surface area contributed by atoms with Gasteiger partial charge in [-0.2, -0.15) is 0 Å². The van der Waals surface area contributed by atoms with Gasteiger partial charge in [-0.05, 0) is 59.8 Å². The number of anilines is 1. The van der Waals surface area contributed by atoms with E-state index in [-0.39, 0.29) is 0 Å². The Hall–Kier alpha value is -0.550. The van der Waals surface area contributed by atoms with Gasteiger partial charge in [-0.25, -0.2) is 0 Å². The van der Waals surface area contributed by atoms with Crippen LogP contribution in [-0.2, 0) is 6.54 Å². The molecule has 1 aromatic carbocycles. The molecule has 0 aliphatic rings. The molecule has 0 bridgehead atoms. The first-order chi connectivity index (χ1) is 7.24. The molecule has 1 heterocycles. The molecule has 0 saturated carbocycles. The highest BCUT2D eigenvalue weighted by Crippen LogP contribution is 2.18. The van der Waals surface area contributed by atoms with Crippen molar-refractivity contribution < 1.29 is 0 Å². The normalized spacial score (nSPS) is 10.3. The first-order valence-corrected chi connectivity index (χ1v) is 6.68. The molecular weight excluding hydrogens is 317 g/mol. The maximum Gasteiger partial charge on any atom is 0.0494 e. The Kier molecular flexibility index (Phi) is 3.64. The maximum absolute atomic E-state index is 3.42. The first kappa shape index (κ1) is 11.0. The smallest absolute Gasteiger partial charge is 0.0494 e. The van der Waals surface area contributed by atoms with Crippen molar-refractivity contribution in [3.63, 3.8) is 0 Å². The van der Waals surface area contributed by atoms with Crippen LogP contribution in [0.2, 0.25) is 0 Å². The predicted molar refractivity (Wildman–Crippen MR) is 75.5 cm³/mol. The molecule has 0 fully saturated rings. The number of halogens is 1. The van der Waals surface area contributed by atoms with E-state index in [0.29, 0.717) is 0 Å². The van der Waals surface area contributed by atoms with Crippen LogP contribution in [0.3, 0.4) is 0 Å². The van der Waals surface area contributed by atoms with Gasteiger partial charge >= 0.3 is 0 Å². The van der Waals surface area contributed by atoms with Crippen molar-refractivity contribution >= 4 is 39.6 Å². The zero-order valence-corrected chi connectivity index (χ0v) is 11.4. The van der Waals surface area contributed by atoms with Crippen LogP contribution in [0.15, 0.2) is 36.4 Å². The van der Waals surface area contributed by atoms with E-state index in [1.165, 1.54) is 19.0 Å². The van der Waals surface area contributed by atoms with E-state index in [9.17, 15) is 0 Å². The van der Waals surface area contributed by atoms with Gasteiger partial charge in [0.1, 0.15) is 0 Å². The highest BCUT2D eigenvalue weighted by molar-refractivity contribution is 14.1. The summed E-state index contributed by atoms with van der Waals surface area (Å²) in [5.41, 5.74) is 1.19. The SMILES string of the molecule is Cc1ccc(CNc2cccc(I)c2)s1. The van der Waals surface area contributed by atoms with Crippen molar-refractivity contribution in [3.05, 3.63) is 49.7 Å². The number of aryl methyl sites for hydroxylation is 1. The molecule has 2 rings (SSSR count). The summed E-state index contributed by atoms with van der Waals surface area (Å²) in [7, 11) is 0. The van der Waals surface area contributed by atoms with Gasteiger partial charge in [-0.3, -0.25) is 0 Å². The molecule has 3 heteroatoms. The molecule has 1 nitrogen and oxygen atoms in total. The molecule has 0 aliphatic heterocycles. The molecule has 1 aromatic heterocycles. The minimum Gasteiger partial charge on any atom is -0.380 e. The predicted octanol–water partition coefficient (Wildman–Crippen LogP) is 4.27. The summed E-state index contributed by atoms with van der Waals surface area (Å²) in [5.74, 6) is 0. The van der Waals surface area contributed by atoms with Crippen LogP contribution in [0.25, 0.3) is 0 Å². The number of benzene rings is 1. The van der Waals surface area contributed by atoms with Crippen LogP contribution in [-0.4, -0.2) is 0 Å². The van der Waals surface area contributed by atoms with Gasteiger partial charge in [0.15, 0.2) is 0 Å². The first-order valence-electron chi connectivity index (χ1n) is 4.79. The third-order valence-electron chi connectivity index (χ3n) is 2.09. The van der Waals surface area contributed by atoms with Gasteiger partial charge in [0.2, 0.25) is 0 Å². The second-order valence-corrected chi connectivity index (χ2v) is 5.99. The third-order valence-corrected chi connectivity index (χ3v) is 3.76. The van der Waals surface area contributed by atoms with Gasteiger partial charge < -0.3 is 5.32 Å². The maximum atomic E-state index is 3.42. The van der Waals surface area contributed by atoms with Gasteiger partial charge in [0, 0.05) is 25.6 Å². The molecule has 15 heavy (non-hydrogen) atoms. The van der Waals surface area contributed by atoms with E-state index in [1.807, 2.05) is 11.3 Å². The monoisotopic (exact) mass is 329 g/mol. The van der Waals surface area contributed by atoms with Crippen molar-refractivity contribution in [1.29, 1.82) is 0 Å². The molecule has 78 valence electrons. The quantitative estimate of drug-likeness (QED) is 0.829. The lowest BCUT2D eigenvalue weighted by molar-refractivity contribution is 1.19. The Labute approximate surface area is 108 Å². The molecular formula is C12H12INS. The van der Waals surface area contributed by atoms with Crippen LogP contribution in [0.1, 0.15) is 9.75 Å². The fourth-order valence-electron chi connectivity index (χ4n) is 1.37. The standard InChI is InChI=1S/C12H12INS/c1-9-5-6-12(15-9)8-14-11-4-2-3-10(13)7-11/h2-7,14H,8H2,1H3. The van der Waals surface area contributed by atoms with Gasteiger partial charge in [-0.1, -0.05) is 6.07 Å². The Balaban J connectivity index is 1.99. The van der Waals surface area contributed by atoms with Gasteiger partial charge in [0.05, 0.1) is 0 Å². The zero-order valence-electron chi connectivity index (χ0n) is 8.46. The summed E-state index contributed by atoms with van der Waals surface area (Å²) >= 11 is 4.17. The number of hydrogen-bond acceptors (Lipinski definition) is 2. The summed E-state index contributed by atoms with van der Waals surface area (Å²) in [5, 5.41) is 3.42. The van der Waals surface area contributed by atoms with E-state index >= 15 is 0 Å². The van der Waals surface area contributed by atoms with Gasteiger partial charge in [-0.15, -0.1) is 11.3 Å². The zero-order chi connectivity index (χ0) is 10.7. The summed E-state index contributed by atoms with van der Waals surface area (Å²) in [4.78, 5) is 2.75. The molecule has 0 atom stereocenters. The Bertz CT molecular complexity index is 450. The average Bonchev–Trinajstić information content (AvgIpc) is 2.62. The van der Waals surface area contributed by atoms with Gasteiger partial charge in [0.25, 0.3) is 0 Å². The van der Waals surface area contributed by atoms with Crippen LogP contribution in [0.5, 0.6) is 0 Å². The fourth-order valence-corrected chi connectivity index (χ4v) is 2.74.